The maximum atomic E-state index is 13.0. The molecule has 0 N–H and O–H groups in total. The quantitative estimate of drug-likeness (QED) is 0.829. The molecule has 0 bridgehead atoms. The van der Waals surface area contributed by atoms with Gasteiger partial charge in [-0.25, -0.2) is 4.39 Å². The van der Waals surface area contributed by atoms with Crippen molar-refractivity contribution in [2.45, 2.75) is 31.7 Å². The largest absolute Gasteiger partial charge is 0.378 e. The Kier molecular flexibility index (Phi) is 5.27. The first-order valence-electron chi connectivity index (χ1n) is 8.57. The number of hydrogen-bond donors (Lipinski definition) is 0. The van der Waals surface area contributed by atoms with E-state index in [-0.39, 0.29) is 17.5 Å². The molecule has 25 heavy (non-hydrogen) atoms. The summed E-state index contributed by atoms with van der Waals surface area (Å²) in [4.78, 5) is 18.8. The number of benzene rings is 2. The Morgan fingerprint density at radius 3 is 2.36 bits per heavy atom. The monoisotopic (exact) mass is 338 g/mol. The summed E-state index contributed by atoms with van der Waals surface area (Å²) < 4.78 is 13.0. The summed E-state index contributed by atoms with van der Waals surface area (Å²) in [5.41, 5.74) is 4.24. The molecule has 130 valence electrons. The van der Waals surface area contributed by atoms with Gasteiger partial charge in [0.15, 0.2) is 0 Å². The van der Waals surface area contributed by atoms with Crippen molar-refractivity contribution in [3.63, 3.8) is 0 Å². The molecule has 0 unspecified atom stereocenters. The van der Waals surface area contributed by atoms with E-state index in [1.165, 1.54) is 17.7 Å². The van der Waals surface area contributed by atoms with Gasteiger partial charge in [0, 0.05) is 38.3 Å². The van der Waals surface area contributed by atoms with Crippen LogP contribution in [-0.4, -0.2) is 25.6 Å². The highest BCUT2D eigenvalue weighted by Crippen LogP contribution is 2.31. The van der Waals surface area contributed by atoms with Crippen molar-refractivity contribution >= 4 is 17.2 Å². The maximum Gasteiger partial charge on any atom is 0.139 e. The number of nitrogens with zero attached hydrogens (tertiary/aromatic N) is 2. The third kappa shape index (κ3) is 4.53. The summed E-state index contributed by atoms with van der Waals surface area (Å²) in [5, 5.41) is 0. The molecule has 4 heteroatoms. The van der Waals surface area contributed by atoms with Crippen molar-refractivity contribution in [3.8, 4) is 0 Å². The molecule has 1 atom stereocenters. The van der Waals surface area contributed by atoms with E-state index in [9.17, 15) is 9.18 Å². The van der Waals surface area contributed by atoms with E-state index < -0.39 is 0 Å². The molecule has 0 amide bonds. The van der Waals surface area contributed by atoms with Gasteiger partial charge < -0.3 is 4.90 Å². The predicted octanol–water partition coefficient (Wildman–Crippen LogP) is 4.37. The van der Waals surface area contributed by atoms with Crippen molar-refractivity contribution in [2.24, 2.45) is 4.99 Å². The second kappa shape index (κ2) is 7.60. The summed E-state index contributed by atoms with van der Waals surface area (Å²) in [7, 11) is 4.03. The average molecular weight is 338 g/mol. The van der Waals surface area contributed by atoms with Crippen LogP contribution >= 0.6 is 0 Å². The Bertz CT molecular complexity index is 763. The Labute approximate surface area is 148 Å². The van der Waals surface area contributed by atoms with Crippen LogP contribution in [0.25, 0.3) is 0 Å². The minimum atomic E-state index is -0.245. The fourth-order valence-electron chi connectivity index (χ4n) is 3.20. The topological polar surface area (TPSA) is 32.7 Å². The number of ketones is 1. The van der Waals surface area contributed by atoms with Gasteiger partial charge in [0.05, 0.1) is 6.54 Å². The fraction of sp³-hybridized carbons (Fsp3) is 0.333. The lowest BCUT2D eigenvalue weighted by molar-refractivity contribution is -0.118. The van der Waals surface area contributed by atoms with Crippen molar-refractivity contribution in [2.75, 3.05) is 19.0 Å². The minimum absolute atomic E-state index is 0.199. The Morgan fingerprint density at radius 2 is 1.72 bits per heavy atom. The van der Waals surface area contributed by atoms with E-state index in [4.69, 9.17) is 0 Å². The smallest absolute Gasteiger partial charge is 0.139 e. The van der Waals surface area contributed by atoms with Gasteiger partial charge in [-0.3, -0.25) is 9.79 Å². The molecule has 0 radical (unpaired) electrons. The number of hydrogen-bond acceptors (Lipinski definition) is 3. The highest BCUT2D eigenvalue weighted by molar-refractivity contribution is 6.05. The Balaban J connectivity index is 1.71. The molecular weight excluding hydrogens is 315 g/mol. The Hall–Kier alpha value is -2.49. The molecule has 3 rings (SSSR count). The van der Waals surface area contributed by atoms with Crippen LogP contribution in [0.15, 0.2) is 53.5 Å². The molecule has 2 aromatic rings. The van der Waals surface area contributed by atoms with E-state index in [2.05, 4.69) is 34.2 Å². The number of carbonyl (C=O) groups is 1. The van der Waals surface area contributed by atoms with Crippen LogP contribution in [0.4, 0.5) is 10.1 Å². The van der Waals surface area contributed by atoms with Crippen LogP contribution in [0.1, 0.15) is 36.3 Å². The summed E-state index contributed by atoms with van der Waals surface area (Å²) in [5.74, 6) is 0.195. The standard InChI is InChI=1S/C21H23FN2O/c1-24(2)20-9-5-16(6-10-20)17-11-19(13-21(25)12-17)23-14-15-3-7-18(22)8-4-15/h3-10,17H,11-14H2,1-2H3/t17-/m0/s1. The van der Waals surface area contributed by atoms with Crippen LogP contribution in [0.3, 0.4) is 0 Å². The summed E-state index contributed by atoms with van der Waals surface area (Å²) in [6.07, 6.45) is 1.83. The first-order chi connectivity index (χ1) is 12.0. The average Bonchev–Trinajstić information content (AvgIpc) is 2.61. The van der Waals surface area contributed by atoms with Gasteiger partial charge in [-0.05, 0) is 47.7 Å². The lowest BCUT2D eigenvalue weighted by atomic mass is 9.82. The minimum Gasteiger partial charge on any atom is -0.378 e. The highest BCUT2D eigenvalue weighted by atomic mass is 19.1. The number of aliphatic imine (C=N–C) groups is 1. The third-order valence-electron chi connectivity index (χ3n) is 4.64. The molecule has 0 aromatic heterocycles. The first-order valence-corrected chi connectivity index (χ1v) is 8.57. The lowest BCUT2D eigenvalue weighted by Crippen LogP contribution is -2.22. The van der Waals surface area contributed by atoms with Crippen molar-refractivity contribution in [3.05, 3.63) is 65.5 Å². The zero-order valence-electron chi connectivity index (χ0n) is 14.7. The summed E-state index contributed by atoms with van der Waals surface area (Å²) in [6.45, 7) is 0.495. The van der Waals surface area contributed by atoms with Crippen LogP contribution in [0, 0.1) is 5.82 Å². The van der Waals surface area contributed by atoms with Crippen LogP contribution < -0.4 is 4.90 Å². The van der Waals surface area contributed by atoms with E-state index in [1.807, 2.05) is 14.1 Å². The molecule has 0 aliphatic heterocycles. The van der Waals surface area contributed by atoms with E-state index in [0.29, 0.717) is 19.4 Å². The lowest BCUT2D eigenvalue weighted by Gasteiger charge is -2.24. The van der Waals surface area contributed by atoms with Crippen molar-refractivity contribution in [1.29, 1.82) is 0 Å². The third-order valence-corrected chi connectivity index (χ3v) is 4.64. The highest BCUT2D eigenvalue weighted by Gasteiger charge is 2.25. The van der Waals surface area contributed by atoms with Gasteiger partial charge in [0.25, 0.3) is 0 Å². The van der Waals surface area contributed by atoms with Crippen LogP contribution in [0.2, 0.25) is 0 Å². The maximum absolute atomic E-state index is 13.0. The molecular formula is C21H23FN2O. The molecule has 0 saturated heterocycles. The number of rotatable bonds is 4. The predicted molar refractivity (Wildman–Crippen MR) is 99.9 cm³/mol. The van der Waals surface area contributed by atoms with Gasteiger partial charge in [0.2, 0.25) is 0 Å². The summed E-state index contributed by atoms with van der Waals surface area (Å²) in [6, 6.07) is 14.7. The number of anilines is 1. The molecule has 3 nitrogen and oxygen atoms in total. The van der Waals surface area contributed by atoms with Gasteiger partial charge in [-0.15, -0.1) is 0 Å². The second-order valence-corrected chi connectivity index (χ2v) is 6.82. The van der Waals surface area contributed by atoms with Gasteiger partial charge >= 0.3 is 0 Å². The Morgan fingerprint density at radius 1 is 1.04 bits per heavy atom. The van der Waals surface area contributed by atoms with E-state index >= 15 is 0 Å². The normalized spacial score (nSPS) is 19.2. The molecule has 1 saturated carbocycles. The molecule has 1 aliphatic carbocycles. The van der Waals surface area contributed by atoms with Gasteiger partial charge in [-0.1, -0.05) is 24.3 Å². The molecule has 2 aromatic carbocycles. The molecule has 0 spiro atoms. The molecule has 1 fully saturated rings. The number of halogens is 1. The summed E-state index contributed by atoms with van der Waals surface area (Å²) >= 11 is 0. The van der Waals surface area contributed by atoms with Gasteiger partial charge in [-0.2, -0.15) is 0 Å². The fourth-order valence-corrected chi connectivity index (χ4v) is 3.20. The van der Waals surface area contributed by atoms with Crippen molar-refractivity contribution < 1.29 is 9.18 Å². The van der Waals surface area contributed by atoms with Gasteiger partial charge in [0.1, 0.15) is 11.6 Å². The first kappa shape index (κ1) is 17.3. The zero-order chi connectivity index (χ0) is 17.8. The molecule has 0 heterocycles. The zero-order valence-corrected chi connectivity index (χ0v) is 14.7. The SMILES string of the molecule is CN(C)c1ccc([C@@H]2CC(=O)CC(=NCc3ccc(F)cc3)C2)cc1. The van der Waals surface area contributed by atoms with E-state index in [1.54, 1.807) is 12.1 Å². The van der Waals surface area contributed by atoms with E-state index in [0.717, 1.165) is 23.4 Å². The second-order valence-electron chi connectivity index (χ2n) is 6.82. The van der Waals surface area contributed by atoms with Crippen LogP contribution in [-0.2, 0) is 11.3 Å². The molecule has 1 aliphatic rings. The van der Waals surface area contributed by atoms with Crippen LogP contribution in [0.5, 0.6) is 0 Å². The number of carbonyl (C=O) groups excluding carboxylic acids is 1. The number of Topliss-reactive ketones (excluding diaryl/α,β-unsaturated/α-hetero) is 1. The van der Waals surface area contributed by atoms with Crippen molar-refractivity contribution in [1.82, 2.24) is 0 Å².